The average molecular weight is 253 g/mol. The summed E-state index contributed by atoms with van der Waals surface area (Å²) < 4.78 is 30.2. The molecule has 0 radical (unpaired) electrons. The van der Waals surface area contributed by atoms with Gasteiger partial charge in [-0.15, -0.1) is 0 Å². The van der Waals surface area contributed by atoms with E-state index in [2.05, 4.69) is 4.72 Å². The van der Waals surface area contributed by atoms with E-state index >= 15 is 0 Å². The Bertz CT molecular complexity index is 346. The number of hydrogen-bond donors (Lipinski definition) is 3. The molecule has 94 valence electrons. The Morgan fingerprint density at radius 2 is 1.94 bits per heavy atom. The van der Waals surface area contributed by atoms with Gasteiger partial charge in [-0.25, -0.2) is 13.1 Å². The number of aliphatic carboxylic acids is 1. The number of aliphatic hydroxyl groups excluding tert-OH is 1. The molecule has 1 rings (SSSR count). The summed E-state index contributed by atoms with van der Waals surface area (Å²) in [6.07, 6.45) is 0.671. The third-order valence-corrected chi connectivity index (χ3v) is 3.81. The quantitative estimate of drug-likeness (QED) is 0.551. The third-order valence-electron chi connectivity index (χ3n) is 2.44. The van der Waals surface area contributed by atoms with Crippen LogP contribution in [0.25, 0.3) is 0 Å². The van der Waals surface area contributed by atoms with Gasteiger partial charge in [0.25, 0.3) is 0 Å². The second kappa shape index (κ2) is 5.09. The lowest BCUT2D eigenvalue weighted by molar-refractivity contribution is -0.134. The molecule has 7 nitrogen and oxygen atoms in total. The molecule has 0 aromatic rings. The zero-order valence-corrected chi connectivity index (χ0v) is 9.49. The first-order chi connectivity index (χ1) is 7.39. The van der Waals surface area contributed by atoms with E-state index in [1.165, 1.54) is 0 Å². The number of ether oxygens (including phenoxy) is 1. The lowest BCUT2D eigenvalue weighted by atomic mass is 9.93. The Balaban J connectivity index is 2.72. The van der Waals surface area contributed by atoms with Gasteiger partial charge in [-0.2, -0.15) is 0 Å². The van der Waals surface area contributed by atoms with Crippen molar-refractivity contribution in [1.29, 1.82) is 0 Å². The lowest BCUT2D eigenvalue weighted by Crippen LogP contribution is -2.55. The van der Waals surface area contributed by atoms with E-state index in [1.807, 2.05) is 0 Å². The molecule has 0 bridgehead atoms. The van der Waals surface area contributed by atoms with Gasteiger partial charge in [-0.3, -0.25) is 4.79 Å². The molecule has 0 unspecified atom stereocenters. The molecular formula is C8H15NO6S. The van der Waals surface area contributed by atoms with Crippen LogP contribution < -0.4 is 4.72 Å². The molecule has 0 aromatic carbocycles. The van der Waals surface area contributed by atoms with E-state index in [0.29, 0.717) is 26.1 Å². The zero-order valence-electron chi connectivity index (χ0n) is 8.68. The highest BCUT2D eigenvalue weighted by Gasteiger charge is 2.36. The SMILES string of the molecule is O=C(O)CS(=O)(=O)NC1(CO)CCOCC1. The second-order valence-electron chi connectivity index (χ2n) is 3.81. The largest absolute Gasteiger partial charge is 0.480 e. The molecule has 0 aromatic heterocycles. The van der Waals surface area contributed by atoms with Crippen LogP contribution in [0.15, 0.2) is 0 Å². The van der Waals surface area contributed by atoms with E-state index in [4.69, 9.17) is 9.84 Å². The van der Waals surface area contributed by atoms with E-state index in [1.54, 1.807) is 0 Å². The van der Waals surface area contributed by atoms with Gasteiger partial charge in [0.15, 0.2) is 5.75 Å². The van der Waals surface area contributed by atoms with Crippen molar-refractivity contribution >= 4 is 16.0 Å². The summed E-state index contributed by atoms with van der Waals surface area (Å²) in [5.74, 6) is -2.41. The summed E-state index contributed by atoms with van der Waals surface area (Å²) in [7, 11) is -3.92. The van der Waals surface area contributed by atoms with Crippen molar-refractivity contribution in [2.75, 3.05) is 25.6 Å². The molecule has 1 aliphatic rings. The molecule has 3 N–H and O–H groups in total. The van der Waals surface area contributed by atoms with E-state index < -0.39 is 27.3 Å². The molecule has 0 spiro atoms. The van der Waals surface area contributed by atoms with Gasteiger partial charge in [0.05, 0.1) is 12.1 Å². The summed E-state index contributed by atoms with van der Waals surface area (Å²) >= 11 is 0. The highest BCUT2D eigenvalue weighted by atomic mass is 32.2. The molecule has 0 aliphatic carbocycles. The minimum absolute atomic E-state index is 0.336. The number of carboxylic acid groups (broad SMARTS) is 1. The maximum Gasteiger partial charge on any atom is 0.320 e. The van der Waals surface area contributed by atoms with E-state index in [9.17, 15) is 18.3 Å². The normalized spacial score (nSPS) is 20.6. The van der Waals surface area contributed by atoms with Crippen LogP contribution in [-0.4, -0.2) is 55.7 Å². The first-order valence-corrected chi connectivity index (χ1v) is 6.46. The molecule has 0 amide bonds. The Labute approximate surface area is 93.5 Å². The van der Waals surface area contributed by atoms with Crippen LogP contribution in [0.4, 0.5) is 0 Å². The Morgan fingerprint density at radius 3 is 2.38 bits per heavy atom. The number of carboxylic acids is 1. The van der Waals surface area contributed by atoms with Crippen molar-refractivity contribution in [2.24, 2.45) is 0 Å². The molecule has 16 heavy (non-hydrogen) atoms. The van der Waals surface area contributed by atoms with Gasteiger partial charge in [0.2, 0.25) is 10.0 Å². The van der Waals surface area contributed by atoms with Crippen LogP contribution in [0.2, 0.25) is 0 Å². The van der Waals surface area contributed by atoms with Gasteiger partial charge >= 0.3 is 5.97 Å². The second-order valence-corrected chi connectivity index (χ2v) is 5.53. The number of sulfonamides is 1. The summed E-state index contributed by atoms with van der Waals surface area (Å²) in [5.41, 5.74) is -0.980. The summed E-state index contributed by atoms with van der Waals surface area (Å²) in [6, 6.07) is 0. The molecule has 1 fully saturated rings. The van der Waals surface area contributed by atoms with Crippen LogP contribution >= 0.6 is 0 Å². The summed E-state index contributed by atoms with van der Waals surface area (Å²) in [6.45, 7) is 0.321. The topological polar surface area (TPSA) is 113 Å². The minimum Gasteiger partial charge on any atom is -0.480 e. The number of aliphatic hydroxyl groups is 1. The molecule has 1 saturated heterocycles. The third kappa shape index (κ3) is 3.71. The predicted molar refractivity (Wildman–Crippen MR) is 54.4 cm³/mol. The van der Waals surface area contributed by atoms with Crippen molar-refractivity contribution in [2.45, 2.75) is 18.4 Å². The first kappa shape index (κ1) is 13.4. The maximum atomic E-state index is 11.4. The number of nitrogens with one attached hydrogen (secondary N) is 1. The molecule has 1 heterocycles. The predicted octanol–water partition coefficient (Wildman–Crippen LogP) is -1.47. The highest BCUT2D eigenvalue weighted by molar-refractivity contribution is 7.90. The fraction of sp³-hybridized carbons (Fsp3) is 0.875. The minimum atomic E-state index is -3.92. The summed E-state index contributed by atoms with van der Waals surface area (Å²) in [5, 5.41) is 17.6. The molecule has 0 atom stereocenters. The zero-order chi connectivity index (χ0) is 12.2. The smallest absolute Gasteiger partial charge is 0.320 e. The maximum absolute atomic E-state index is 11.4. The van der Waals surface area contributed by atoms with Gasteiger partial charge in [-0.1, -0.05) is 0 Å². The Hall–Kier alpha value is -0.700. The number of rotatable bonds is 5. The van der Waals surface area contributed by atoms with Crippen LogP contribution in [0.1, 0.15) is 12.8 Å². The van der Waals surface area contributed by atoms with Gasteiger partial charge in [0.1, 0.15) is 0 Å². The molecule has 0 saturated carbocycles. The lowest BCUT2D eigenvalue weighted by Gasteiger charge is -2.35. The van der Waals surface area contributed by atoms with Gasteiger partial charge in [0, 0.05) is 13.2 Å². The Morgan fingerprint density at radius 1 is 1.38 bits per heavy atom. The highest BCUT2D eigenvalue weighted by Crippen LogP contribution is 2.21. The molecule has 1 aliphatic heterocycles. The van der Waals surface area contributed by atoms with E-state index in [-0.39, 0.29) is 6.61 Å². The summed E-state index contributed by atoms with van der Waals surface area (Å²) in [4.78, 5) is 10.3. The first-order valence-electron chi connectivity index (χ1n) is 4.81. The van der Waals surface area contributed by atoms with Crippen molar-refractivity contribution in [3.05, 3.63) is 0 Å². The van der Waals surface area contributed by atoms with Gasteiger partial charge < -0.3 is 14.9 Å². The molecular weight excluding hydrogens is 238 g/mol. The van der Waals surface area contributed by atoms with Crippen LogP contribution in [-0.2, 0) is 19.6 Å². The van der Waals surface area contributed by atoms with Crippen LogP contribution in [0.3, 0.4) is 0 Å². The Kier molecular flexibility index (Phi) is 4.25. The van der Waals surface area contributed by atoms with Crippen molar-refractivity contribution in [3.8, 4) is 0 Å². The van der Waals surface area contributed by atoms with E-state index in [0.717, 1.165) is 0 Å². The monoisotopic (exact) mass is 253 g/mol. The fourth-order valence-corrected chi connectivity index (χ4v) is 2.91. The van der Waals surface area contributed by atoms with Crippen LogP contribution in [0.5, 0.6) is 0 Å². The van der Waals surface area contributed by atoms with Crippen molar-refractivity contribution < 1.29 is 28.2 Å². The fourth-order valence-electron chi connectivity index (χ4n) is 1.58. The van der Waals surface area contributed by atoms with Gasteiger partial charge in [-0.05, 0) is 12.8 Å². The molecule has 8 heteroatoms. The number of hydrogen-bond acceptors (Lipinski definition) is 5. The standard InChI is InChI=1S/C8H15NO6S/c10-6-8(1-3-15-4-2-8)9-16(13,14)5-7(11)12/h9-10H,1-6H2,(H,11,12). The average Bonchev–Trinajstić information content (AvgIpc) is 2.16. The van der Waals surface area contributed by atoms with Crippen molar-refractivity contribution in [3.63, 3.8) is 0 Å². The van der Waals surface area contributed by atoms with Crippen LogP contribution in [0, 0.1) is 0 Å². The van der Waals surface area contributed by atoms with Crippen molar-refractivity contribution in [1.82, 2.24) is 4.72 Å². The number of carbonyl (C=O) groups is 1.